The van der Waals surface area contributed by atoms with Crippen molar-refractivity contribution in [3.63, 3.8) is 0 Å². The highest BCUT2D eigenvalue weighted by Crippen LogP contribution is 2.21. The molecule has 0 aromatic heterocycles. The molecule has 9 heteroatoms. The highest BCUT2D eigenvalue weighted by molar-refractivity contribution is 9.10. The third-order valence-corrected chi connectivity index (χ3v) is 5.33. The van der Waals surface area contributed by atoms with E-state index >= 15 is 0 Å². The Kier molecular flexibility index (Phi) is 6.40. The number of carbonyl (C=O) groups excluding carboxylic acids is 2. The zero-order valence-electron chi connectivity index (χ0n) is 14.9. The quantitative estimate of drug-likeness (QED) is 0.547. The zero-order valence-corrected chi connectivity index (χ0v) is 17.3. The Hall–Kier alpha value is -2.23. The SMILES string of the molecule is CC(C)(C)OC(=O)c1ccccc1C(=O)ONS(=O)(=O)c1ccccc1Br. The number of hydrogen-bond acceptors (Lipinski definition) is 6. The van der Waals surface area contributed by atoms with Gasteiger partial charge < -0.3 is 9.57 Å². The van der Waals surface area contributed by atoms with Gasteiger partial charge in [-0.15, -0.1) is 0 Å². The highest BCUT2D eigenvalue weighted by atomic mass is 79.9. The van der Waals surface area contributed by atoms with Gasteiger partial charge in [0.25, 0.3) is 10.0 Å². The Balaban J connectivity index is 2.20. The summed E-state index contributed by atoms with van der Waals surface area (Å²) in [5.74, 6) is -1.75. The highest BCUT2D eigenvalue weighted by Gasteiger charge is 2.25. The number of carbonyl (C=O) groups is 2. The second-order valence-electron chi connectivity index (χ2n) is 6.45. The molecule has 2 rings (SSSR count). The standard InChI is InChI=1S/C18H18BrNO6S/c1-18(2,3)25-16(21)12-8-4-5-9-13(12)17(22)26-20-27(23,24)15-11-7-6-10-14(15)19/h4-11,20H,1-3H3. The summed E-state index contributed by atoms with van der Waals surface area (Å²) < 4.78 is 30.1. The lowest BCUT2D eigenvalue weighted by Crippen LogP contribution is -2.29. The van der Waals surface area contributed by atoms with Crippen LogP contribution in [0.1, 0.15) is 41.5 Å². The van der Waals surface area contributed by atoms with Crippen LogP contribution >= 0.6 is 15.9 Å². The smallest absolute Gasteiger partial charge is 0.358 e. The first-order valence-corrected chi connectivity index (χ1v) is 10.1. The van der Waals surface area contributed by atoms with Crippen molar-refractivity contribution in [3.8, 4) is 0 Å². The molecule has 0 spiro atoms. The van der Waals surface area contributed by atoms with Crippen LogP contribution in [0.4, 0.5) is 0 Å². The second-order valence-corrected chi connectivity index (χ2v) is 8.92. The fraction of sp³-hybridized carbons (Fsp3) is 0.222. The Labute approximate surface area is 165 Å². The van der Waals surface area contributed by atoms with Crippen LogP contribution in [0.2, 0.25) is 0 Å². The summed E-state index contributed by atoms with van der Waals surface area (Å²) in [5, 5.41) is 0. The first-order chi connectivity index (χ1) is 12.5. The van der Waals surface area contributed by atoms with Crippen molar-refractivity contribution in [2.45, 2.75) is 31.3 Å². The molecule has 0 amide bonds. The minimum absolute atomic E-state index is 0.0301. The molecule has 2 aromatic carbocycles. The molecule has 0 aliphatic carbocycles. The fourth-order valence-corrected chi connectivity index (χ4v) is 3.81. The predicted octanol–water partition coefficient (Wildman–Crippen LogP) is 3.45. The van der Waals surface area contributed by atoms with Crippen molar-refractivity contribution in [1.82, 2.24) is 4.89 Å². The van der Waals surface area contributed by atoms with Crippen molar-refractivity contribution in [2.24, 2.45) is 0 Å². The molecule has 0 aliphatic rings. The summed E-state index contributed by atoms with van der Waals surface area (Å²) >= 11 is 3.12. The maximum Gasteiger partial charge on any atom is 0.358 e. The Morgan fingerprint density at radius 1 is 0.926 bits per heavy atom. The number of halogens is 1. The number of nitrogens with one attached hydrogen (secondary N) is 1. The van der Waals surface area contributed by atoms with E-state index in [9.17, 15) is 18.0 Å². The predicted molar refractivity (Wildman–Crippen MR) is 101 cm³/mol. The minimum atomic E-state index is -4.11. The number of ether oxygens (including phenoxy) is 1. The van der Waals surface area contributed by atoms with E-state index in [2.05, 4.69) is 15.9 Å². The topological polar surface area (TPSA) is 98.8 Å². The maximum absolute atomic E-state index is 12.3. The van der Waals surface area contributed by atoms with Crippen LogP contribution in [0.15, 0.2) is 57.9 Å². The van der Waals surface area contributed by atoms with Gasteiger partial charge in [0.1, 0.15) is 5.60 Å². The molecular weight excluding hydrogens is 438 g/mol. The maximum atomic E-state index is 12.3. The average Bonchev–Trinajstić information content (AvgIpc) is 2.58. The van der Waals surface area contributed by atoms with Gasteiger partial charge >= 0.3 is 11.9 Å². The lowest BCUT2D eigenvalue weighted by atomic mass is 10.1. The van der Waals surface area contributed by atoms with Crippen LogP contribution in [0.5, 0.6) is 0 Å². The molecule has 0 unspecified atom stereocenters. The molecule has 0 bridgehead atoms. The molecule has 0 aliphatic heterocycles. The average molecular weight is 456 g/mol. The van der Waals surface area contributed by atoms with Crippen LogP contribution in [0.3, 0.4) is 0 Å². The number of benzene rings is 2. The molecule has 0 heterocycles. The summed E-state index contributed by atoms with van der Waals surface area (Å²) in [6.45, 7) is 5.08. The third kappa shape index (κ3) is 5.62. The molecule has 0 radical (unpaired) electrons. The zero-order chi connectivity index (χ0) is 20.2. The summed E-state index contributed by atoms with van der Waals surface area (Å²) in [5.41, 5.74) is -0.908. The van der Waals surface area contributed by atoms with E-state index in [0.29, 0.717) is 4.47 Å². The minimum Gasteiger partial charge on any atom is -0.456 e. The molecule has 1 N–H and O–H groups in total. The van der Waals surface area contributed by atoms with E-state index in [-0.39, 0.29) is 16.0 Å². The van der Waals surface area contributed by atoms with Crippen LogP contribution in [-0.2, 0) is 19.6 Å². The summed E-state index contributed by atoms with van der Waals surface area (Å²) in [4.78, 5) is 31.0. The van der Waals surface area contributed by atoms with Gasteiger partial charge in [0, 0.05) is 4.47 Å². The van der Waals surface area contributed by atoms with Gasteiger partial charge in [-0.2, -0.15) is 0 Å². The number of esters is 1. The van der Waals surface area contributed by atoms with Crippen molar-refractivity contribution >= 4 is 37.9 Å². The van der Waals surface area contributed by atoms with Crippen LogP contribution in [-0.4, -0.2) is 26.0 Å². The van der Waals surface area contributed by atoms with E-state index in [0.717, 1.165) is 0 Å². The molecule has 0 atom stereocenters. The molecule has 0 saturated heterocycles. The second kappa shape index (κ2) is 8.20. The number of rotatable bonds is 5. The van der Waals surface area contributed by atoms with Gasteiger partial charge in [-0.05, 0) is 65.9 Å². The van der Waals surface area contributed by atoms with Crippen LogP contribution in [0, 0.1) is 0 Å². The van der Waals surface area contributed by atoms with E-state index in [1.54, 1.807) is 37.8 Å². The largest absolute Gasteiger partial charge is 0.456 e. The molecule has 7 nitrogen and oxygen atoms in total. The van der Waals surface area contributed by atoms with E-state index in [1.165, 1.54) is 36.4 Å². The Morgan fingerprint density at radius 2 is 1.44 bits per heavy atom. The summed E-state index contributed by atoms with van der Waals surface area (Å²) in [7, 11) is -4.11. The number of sulfonamides is 1. The lowest BCUT2D eigenvalue weighted by Gasteiger charge is -2.20. The van der Waals surface area contributed by atoms with E-state index < -0.39 is 27.6 Å². The Bertz CT molecular complexity index is 966. The van der Waals surface area contributed by atoms with Gasteiger partial charge in [-0.3, -0.25) is 0 Å². The van der Waals surface area contributed by atoms with Crippen molar-refractivity contribution in [3.05, 3.63) is 64.1 Å². The van der Waals surface area contributed by atoms with Gasteiger partial charge in [0.2, 0.25) is 0 Å². The molecular formula is C18H18BrNO6S. The first-order valence-electron chi connectivity index (χ1n) is 7.81. The monoisotopic (exact) mass is 455 g/mol. The van der Waals surface area contributed by atoms with Gasteiger partial charge in [0.15, 0.2) is 0 Å². The lowest BCUT2D eigenvalue weighted by molar-refractivity contribution is 0.00628. The van der Waals surface area contributed by atoms with E-state index in [4.69, 9.17) is 9.57 Å². The summed E-state index contributed by atoms with van der Waals surface area (Å²) in [6, 6.07) is 11.9. The number of hydrogen-bond donors (Lipinski definition) is 1. The van der Waals surface area contributed by atoms with Gasteiger partial charge in [-0.1, -0.05) is 24.3 Å². The molecule has 0 saturated carbocycles. The van der Waals surface area contributed by atoms with Crippen LogP contribution < -0.4 is 4.89 Å². The molecule has 144 valence electrons. The van der Waals surface area contributed by atoms with Gasteiger partial charge in [0.05, 0.1) is 16.0 Å². The Morgan fingerprint density at radius 3 is 2.00 bits per heavy atom. The molecule has 2 aromatic rings. The fourth-order valence-electron chi connectivity index (χ4n) is 2.03. The molecule has 27 heavy (non-hydrogen) atoms. The van der Waals surface area contributed by atoms with E-state index in [1.807, 2.05) is 0 Å². The molecule has 0 fully saturated rings. The normalized spacial score (nSPS) is 11.7. The van der Waals surface area contributed by atoms with Crippen molar-refractivity contribution in [1.29, 1.82) is 0 Å². The third-order valence-electron chi connectivity index (χ3n) is 3.14. The first kappa shape index (κ1) is 21.1. The van der Waals surface area contributed by atoms with Crippen molar-refractivity contribution in [2.75, 3.05) is 0 Å². The van der Waals surface area contributed by atoms with Crippen LogP contribution in [0.25, 0.3) is 0 Å². The van der Waals surface area contributed by atoms with Crippen molar-refractivity contribution < 1.29 is 27.6 Å². The van der Waals surface area contributed by atoms with Gasteiger partial charge in [-0.25, -0.2) is 18.0 Å². The summed E-state index contributed by atoms with van der Waals surface area (Å²) in [6.07, 6.45) is 0.